The molecular weight excluding hydrogens is 340 g/mol. The monoisotopic (exact) mass is 356 g/mol. The van der Waals surface area contributed by atoms with Crippen molar-refractivity contribution in [3.8, 4) is 0 Å². The van der Waals surface area contributed by atoms with Crippen molar-refractivity contribution in [3.05, 3.63) is 61.1 Å². The summed E-state index contributed by atoms with van der Waals surface area (Å²) in [6.07, 6.45) is 4.69. The highest BCUT2D eigenvalue weighted by molar-refractivity contribution is 7.09. The van der Waals surface area contributed by atoms with Crippen molar-refractivity contribution in [3.63, 3.8) is 0 Å². The van der Waals surface area contributed by atoms with Gasteiger partial charge in [0.25, 0.3) is 5.91 Å². The van der Waals surface area contributed by atoms with Gasteiger partial charge in [-0.15, -0.1) is 11.3 Å². The lowest BCUT2D eigenvalue weighted by atomic mass is 10.0. The minimum Gasteiger partial charge on any atom is -0.329 e. The Labute approximate surface area is 146 Å². The number of hydrogen-bond acceptors (Lipinski definition) is 5. The first-order chi connectivity index (χ1) is 12.1. The van der Waals surface area contributed by atoms with Crippen LogP contribution < -0.4 is 11.1 Å². The van der Waals surface area contributed by atoms with E-state index in [1.165, 1.54) is 0 Å². The zero-order valence-electron chi connectivity index (χ0n) is 13.3. The van der Waals surface area contributed by atoms with E-state index in [1.54, 1.807) is 35.7 Å². The number of aromatic amines is 2. The smallest absolute Gasteiger partial charge is 0.314 e. The molecule has 7 nitrogen and oxygen atoms in total. The second-order valence-corrected chi connectivity index (χ2v) is 6.98. The van der Waals surface area contributed by atoms with Crippen LogP contribution in [0.15, 0.2) is 39.4 Å². The third-order valence-electron chi connectivity index (χ3n) is 4.47. The Morgan fingerprint density at radius 2 is 1.96 bits per heavy atom. The summed E-state index contributed by atoms with van der Waals surface area (Å²) in [5.41, 5.74) is -0.00430. The van der Waals surface area contributed by atoms with Gasteiger partial charge in [0.1, 0.15) is 5.01 Å². The lowest BCUT2D eigenvalue weighted by Crippen LogP contribution is -2.38. The maximum absolute atomic E-state index is 13.0. The number of benzene rings is 1. The lowest BCUT2D eigenvalue weighted by molar-refractivity contribution is 0.0611. The van der Waals surface area contributed by atoms with Crippen LogP contribution in [0.1, 0.15) is 40.7 Å². The topological polar surface area (TPSA) is 98.9 Å². The summed E-state index contributed by atoms with van der Waals surface area (Å²) in [5, 5.41) is 2.87. The molecule has 0 radical (unpaired) electrons. The summed E-state index contributed by atoms with van der Waals surface area (Å²) in [6, 6.07) is 4.92. The zero-order valence-corrected chi connectivity index (χ0v) is 14.1. The van der Waals surface area contributed by atoms with Crippen molar-refractivity contribution >= 4 is 28.3 Å². The van der Waals surface area contributed by atoms with Crippen LogP contribution >= 0.6 is 11.3 Å². The molecule has 1 atom stereocenters. The summed E-state index contributed by atoms with van der Waals surface area (Å²) >= 11 is 1.56. The summed E-state index contributed by atoms with van der Waals surface area (Å²) in [7, 11) is 0. The first kappa shape index (κ1) is 15.8. The van der Waals surface area contributed by atoms with Crippen LogP contribution in [0.25, 0.3) is 11.0 Å². The van der Waals surface area contributed by atoms with Crippen molar-refractivity contribution in [1.82, 2.24) is 19.9 Å². The third-order valence-corrected chi connectivity index (χ3v) is 5.35. The minimum atomic E-state index is -0.726. The second-order valence-electron chi connectivity index (χ2n) is 6.05. The molecule has 0 bridgehead atoms. The number of nitrogens with one attached hydrogen (secondary N) is 2. The maximum Gasteiger partial charge on any atom is 0.314 e. The van der Waals surface area contributed by atoms with E-state index >= 15 is 0 Å². The highest BCUT2D eigenvalue weighted by Gasteiger charge is 2.30. The van der Waals surface area contributed by atoms with Gasteiger partial charge in [-0.1, -0.05) is 0 Å². The van der Waals surface area contributed by atoms with E-state index in [2.05, 4.69) is 15.0 Å². The molecule has 128 valence electrons. The molecule has 1 aliphatic rings. The average Bonchev–Trinajstić information content (AvgIpc) is 3.16. The molecule has 2 N–H and O–H groups in total. The number of nitrogens with zero attached hydrogens (tertiary/aromatic N) is 2. The molecule has 0 spiro atoms. The van der Waals surface area contributed by atoms with Gasteiger partial charge in [0, 0.05) is 23.7 Å². The molecule has 0 saturated carbocycles. The number of aromatic nitrogens is 3. The highest BCUT2D eigenvalue weighted by Crippen LogP contribution is 2.33. The number of thiazole rings is 1. The van der Waals surface area contributed by atoms with E-state index in [0.29, 0.717) is 23.1 Å². The van der Waals surface area contributed by atoms with Crippen molar-refractivity contribution < 1.29 is 4.79 Å². The van der Waals surface area contributed by atoms with Gasteiger partial charge in [-0.3, -0.25) is 14.4 Å². The number of fused-ring (bicyclic) bond motifs is 1. The van der Waals surface area contributed by atoms with Crippen molar-refractivity contribution in [2.45, 2.75) is 25.3 Å². The van der Waals surface area contributed by atoms with Gasteiger partial charge < -0.3 is 14.9 Å². The molecule has 1 aromatic carbocycles. The number of H-pyrrole nitrogens is 2. The number of likely N-dealkylation sites (tertiary alicyclic amines) is 1. The normalized spacial score (nSPS) is 17.8. The maximum atomic E-state index is 13.0. The predicted octanol–water partition coefficient (Wildman–Crippen LogP) is 2.04. The molecule has 1 unspecified atom stereocenters. The number of amides is 1. The predicted molar refractivity (Wildman–Crippen MR) is 94.9 cm³/mol. The molecule has 1 aliphatic heterocycles. The molecule has 1 fully saturated rings. The van der Waals surface area contributed by atoms with Crippen molar-refractivity contribution in [1.29, 1.82) is 0 Å². The summed E-state index contributed by atoms with van der Waals surface area (Å²) in [6.45, 7) is 0.684. The van der Waals surface area contributed by atoms with Gasteiger partial charge in [0.15, 0.2) is 0 Å². The molecule has 4 rings (SSSR count). The van der Waals surface area contributed by atoms with Gasteiger partial charge in [0.2, 0.25) is 0 Å². The summed E-state index contributed by atoms with van der Waals surface area (Å²) in [5.74, 6) is -0.0890. The molecule has 3 heterocycles. The summed E-state index contributed by atoms with van der Waals surface area (Å²) in [4.78, 5) is 47.2. The Hall–Kier alpha value is -2.74. The lowest BCUT2D eigenvalue weighted by Gasteiger charge is -2.34. The Morgan fingerprint density at radius 1 is 1.16 bits per heavy atom. The first-order valence-corrected chi connectivity index (χ1v) is 8.98. The molecule has 25 heavy (non-hydrogen) atoms. The van der Waals surface area contributed by atoms with Gasteiger partial charge in [-0.2, -0.15) is 0 Å². The zero-order chi connectivity index (χ0) is 17.4. The average molecular weight is 356 g/mol. The van der Waals surface area contributed by atoms with E-state index in [9.17, 15) is 14.4 Å². The highest BCUT2D eigenvalue weighted by atomic mass is 32.1. The first-order valence-electron chi connectivity index (χ1n) is 8.10. The van der Waals surface area contributed by atoms with Crippen LogP contribution in [0.2, 0.25) is 0 Å². The van der Waals surface area contributed by atoms with Gasteiger partial charge >= 0.3 is 11.1 Å². The molecule has 3 aromatic rings. The molecule has 1 saturated heterocycles. The van der Waals surface area contributed by atoms with Crippen LogP contribution in [-0.2, 0) is 0 Å². The number of rotatable bonds is 2. The number of hydrogen-bond donors (Lipinski definition) is 2. The number of piperidine rings is 1. The number of carbonyl (C=O) groups excluding carboxylic acids is 1. The van der Waals surface area contributed by atoms with E-state index in [-0.39, 0.29) is 11.9 Å². The van der Waals surface area contributed by atoms with Crippen LogP contribution in [0.5, 0.6) is 0 Å². The Morgan fingerprint density at radius 3 is 2.72 bits per heavy atom. The SMILES string of the molecule is O=C(c1ccc2[nH]c(=O)c(=O)[nH]c2c1)N1CCCCC1c1nccs1. The second kappa shape index (κ2) is 6.29. The van der Waals surface area contributed by atoms with E-state index < -0.39 is 11.1 Å². The van der Waals surface area contributed by atoms with Crippen LogP contribution in [0, 0.1) is 0 Å². The fourth-order valence-electron chi connectivity index (χ4n) is 3.24. The molecule has 2 aromatic heterocycles. The van der Waals surface area contributed by atoms with Crippen molar-refractivity contribution in [2.75, 3.05) is 6.54 Å². The standard InChI is InChI=1S/C17H16N4O3S/c22-14-15(23)20-12-9-10(4-5-11(12)19-14)17(24)21-7-2-1-3-13(21)16-18-6-8-25-16/h4-6,8-9,13H,1-3,7H2,(H,19,22)(H,20,23). The van der Waals surface area contributed by atoms with E-state index in [0.717, 1.165) is 24.3 Å². The number of carbonyl (C=O) groups is 1. The fraction of sp³-hybridized carbons (Fsp3) is 0.294. The third kappa shape index (κ3) is 2.89. The van der Waals surface area contributed by atoms with Crippen LogP contribution in [-0.4, -0.2) is 32.3 Å². The Balaban J connectivity index is 1.71. The minimum absolute atomic E-state index is 0.00780. The van der Waals surface area contributed by atoms with Gasteiger partial charge in [-0.25, -0.2) is 4.98 Å². The molecule has 1 amide bonds. The fourth-order valence-corrected chi connectivity index (χ4v) is 4.03. The van der Waals surface area contributed by atoms with Crippen LogP contribution in [0.4, 0.5) is 0 Å². The molecular formula is C17H16N4O3S. The largest absolute Gasteiger partial charge is 0.329 e. The van der Waals surface area contributed by atoms with Crippen molar-refractivity contribution in [2.24, 2.45) is 0 Å². The molecule has 8 heteroatoms. The Bertz CT molecular complexity index is 1040. The quantitative estimate of drug-likeness (QED) is 0.687. The van der Waals surface area contributed by atoms with Gasteiger partial charge in [0.05, 0.1) is 17.1 Å². The van der Waals surface area contributed by atoms with Crippen LogP contribution in [0.3, 0.4) is 0 Å². The summed E-state index contributed by atoms with van der Waals surface area (Å²) < 4.78 is 0. The van der Waals surface area contributed by atoms with E-state index in [1.807, 2.05) is 10.3 Å². The van der Waals surface area contributed by atoms with E-state index in [4.69, 9.17) is 0 Å². The van der Waals surface area contributed by atoms with Gasteiger partial charge in [-0.05, 0) is 37.5 Å². The Kier molecular flexibility index (Phi) is 3.96. The molecule has 0 aliphatic carbocycles.